The van der Waals surface area contributed by atoms with Gasteiger partial charge in [-0.3, -0.25) is 0 Å². The summed E-state index contributed by atoms with van der Waals surface area (Å²) < 4.78 is 2.34. The molecule has 1 nitrogen and oxygen atoms in total. The van der Waals surface area contributed by atoms with Gasteiger partial charge in [0.1, 0.15) is 0 Å². The van der Waals surface area contributed by atoms with Crippen LogP contribution < -0.4 is 0 Å². The predicted molar refractivity (Wildman–Crippen MR) is 75.0 cm³/mol. The van der Waals surface area contributed by atoms with E-state index in [0.29, 0.717) is 0 Å². The van der Waals surface area contributed by atoms with Crippen molar-refractivity contribution >= 4 is 22.7 Å². The van der Waals surface area contributed by atoms with Crippen LogP contribution in [0.15, 0.2) is 53.4 Å². The van der Waals surface area contributed by atoms with E-state index >= 15 is 0 Å². The van der Waals surface area contributed by atoms with Crippen molar-refractivity contribution in [2.45, 2.75) is 13.0 Å². The number of hydrogen-bond acceptors (Lipinski definition) is 2. The Balaban J connectivity index is 1.79. The molecular formula is C14H13NS2. The quantitative estimate of drug-likeness (QED) is 0.660. The van der Waals surface area contributed by atoms with E-state index in [1.165, 1.54) is 15.4 Å². The van der Waals surface area contributed by atoms with Crippen LogP contribution in [0.1, 0.15) is 15.4 Å². The van der Waals surface area contributed by atoms with Gasteiger partial charge in [-0.15, -0.1) is 22.7 Å². The Labute approximate surface area is 109 Å². The third-order valence-corrected chi connectivity index (χ3v) is 4.50. The summed E-state index contributed by atoms with van der Waals surface area (Å²) in [6, 6.07) is 13.0. The Bertz CT molecular complexity index is 510. The van der Waals surface area contributed by atoms with Crippen molar-refractivity contribution in [2.75, 3.05) is 0 Å². The molecule has 0 saturated carbocycles. The molecule has 0 bridgehead atoms. The number of rotatable bonds is 4. The van der Waals surface area contributed by atoms with Crippen LogP contribution in [0.5, 0.6) is 0 Å². The zero-order valence-electron chi connectivity index (χ0n) is 9.37. The Morgan fingerprint density at radius 3 is 2.35 bits per heavy atom. The van der Waals surface area contributed by atoms with E-state index < -0.39 is 0 Å². The molecule has 0 aliphatic rings. The summed E-state index contributed by atoms with van der Waals surface area (Å²) in [6.45, 7) is 0.991. The van der Waals surface area contributed by atoms with Crippen molar-refractivity contribution in [3.63, 3.8) is 0 Å². The molecule has 3 aromatic heterocycles. The van der Waals surface area contributed by atoms with E-state index in [9.17, 15) is 0 Å². The first-order chi connectivity index (χ1) is 8.42. The van der Waals surface area contributed by atoms with Gasteiger partial charge in [-0.25, -0.2) is 0 Å². The number of hydrogen-bond donors (Lipinski definition) is 0. The fourth-order valence-electron chi connectivity index (χ4n) is 1.93. The molecule has 0 N–H and O–H groups in total. The molecule has 0 aliphatic heterocycles. The first-order valence-corrected chi connectivity index (χ1v) is 7.36. The third-order valence-electron chi connectivity index (χ3n) is 2.77. The van der Waals surface area contributed by atoms with E-state index in [1.807, 2.05) is 22.7 Å². The lowest BCUT2D eigenvalue weighted by molar-refractivity contribution is 0.770. The van der Waals surface area contributed by atoms with Crippen molar-refractivity contribution in [1.29, 1.82) is 0 Å². The first kappa shape index (κ1) is 10.8. The Kier molecular flexibility index (Phi) is 3.12. The zero-order valence-corrected chi connectivity index (χ0v) is 11.0. The van der Waals surface area contributed by atoms with Crippen molar-refractivity contribution in [1.82, 2.24) is 4.57 Å². The number of nitrogens with zero attached hydrogens (tertiary/aromatic N) is 1. The second-order valence-electron chi connectivity index (χ2n) is 3.96. The topological polar surface area (TPSA) is 4.93 Å². The molecule has 0 radical (unpaired) electrons. The minimum atomic E-state index is 0.991. The van der Waals surface area contributed by atoms with Gasteiger partial charge in [0.15, 0.2) is 0 Å². The third kappa shape index (κ3) is 2.51. The average molecular weight is 259 g/mol. The SMILES string of the molecule is c1csc(Cc2cccn2Cc2cccs2)c1. The molecule has 3 heterocycles. The predicted octanol–water partition coefficient (Wildman–Crippen LogP) is 4.25. The standard InChI is InChI=1S/C14H13NS2/c1-4-12(10-13-5-2-8-16-13)15(7-1)11-14-6-3-9-17-14/h1-9H,10-11H2. The lowest BCUT2D eigenvalue weighted by atomic mass is 10.2. The maximum Gasteiger partial charge on any atom is 0.0566 e. The van der Waals surface area contributed by atoms with Crippen LogP contribution in [0.3, 0.4) is 0 Å². The lowest BCUT2D eigenvalue weighted by Crippen LogP contribution is -2.01. The largest absolute Gasteiger partial charge is 0.346 e. The van der Waals surface area contributed by atoms with E-state index in [2.05, 4.69) is 57.9 Å². The van der Waals surface area contributed by atoms with Gasteiger partial charge >= 0.3 is 0 Å². The highest BCUT2D eigenvalue weighted by molar-refractivity contribution is 7.10. The summed E-state index contributed by atoms with van der Waals surface area (Å²) >= 11 is 3.65. The van der Waals surface area contributed by atoms with Crippen molar-refractivity contribution in [2.24, 2.45) is 0 Å². The molecule has 3 heteroatoms. The Hall–Kier alpha value is -1.32. The molecule has 0 unspecified atom stereocenters. The molecular weight excluding hydrogens is 246 g/mol. The average Bonchev–Trinajstić information content (AvgIpc) is 3.04. The van der Waals surface area contributed by atoms with Crippen LogP contribution in [0.25, 0.3) is 0 Å². The van der Waals surface area contributed by atoms with Gasteiger partial charge in [0.25, 0.3) is 0 Å². The molecule has 0 aliphatic carbocycles. The number of thiophene rings is 2. The normalized spacial score (nSPS) is 10.8. The minimum absolute atomic E-state index is 0.991. The van der Waals surface area contributed by atoms with Crippen LogP contribution in [0.2, 0.25) is 0 Å². The maximum absolute atomic E-state index is 2.34. The van der Waals surface area contributed by atoms with Crippen LogP contribution >= 0.6 is 22.7 Å². The summed E-state index contributed by atoms with van der Waals surface area (Å²) in [4.78, 5) is 2.84. The molecule has 0 saturated heterocycles. The molecule has 0 fully saturated rings. The lowest BCUT2D eigenvalue weighted by Gasteiger charge is -2.06. The molecule has 0 atom stereocenters. The molecule has 0 aromatic carbocycles. The molecule has 3 rings (SSSR count). The summed E-state index contributed by atoms with van der Waals surface area (Å²) in [7, 11) is 0. The van der Waals surface area contributed by atoms with Crippen LogP contribution in [0.4, 0.5) is 0 Å². The Morgan fingerprint density at radius 1 is 0.882 bits per heavy atom. The van der Waals surface area contributed by atoms with Crippen LogP contribution in [0, 0.1) is 0 Å². The fraction of sp³-hybridized carbons (Fsp3) is 0.143. The highest BCUT2D eigenvalue weighted by Gasteiger charge is 2.04. The highest BCUT2D eigenvalue weighted by atomic mass is 32.1. The van der Waals surface area contributed by atoms with Gasteiger partial charge in [0.05, 0.1) is 6.54 Å². The van der Waals surface area contributed by atoms with Crippen LogP contribution in [-0.2, 0) is 13.0 Å². The van der Waals surface area contributed by atoms with E-state index in [1.54, 1.807) is 0 Å². The second-order valence-corrected chi connectivity index (χ2v) is 6.03. The maximum atomic E-state index is 2.34. The summed E-state index contributed by atoms with van der Waals surface area (Å²) in [6.07, 6.45) is 3.21. The van der Waals surface area contributed by atoms with E-state index in [0.717, 1.165) is 13.0 Å². The van der Waals surface area contributed by atoms with E-state index in [-0.39, 0.29) is 0 Å². The molecule has 3 aromatic rings. The van der Waals surface area contributed by atoms with Crippen molar-refractivity contribution in [3.05, 3.63) is 68.8 Å². The molecule has 0 spiro atoms. The highest BCUT2D eigenvalue weighted by Crippen LogP contribution is 2.18. The summed E-state index contributed by atoms with van der Waals surface area (Å²) in [5.74, 6) is 0. The minimum Gasteiger partial charge on any atom is -0.346 e. The van der Waals surface area contributed by atoms with Gasteiger partial charge in [-0.2, -0.15) is 0 Å². The van der Waals surface area contributed by atoms with E-state index in [4.69, 9.17) is 0 Å². The summed E-state index contributed by atoms with van der Waals surface area (Å²) in [5, 5.41) is 4.28. The van der Waals surface area contributed by atoms with Gasteiger partial charge in [0, 0.05) is 28.1 Å². The van der Waals surface area contributed by atoms with Gasteiger partial charge < -0.3 is 4.57 Å². The zero-order chi connectivity index (χ0) is 11.5. The molecule has 86 valence electrons. The molecule has 0 amide bonds. The second kappa shape index (κ2) is 4.90. The van der Waals surface area contributed by atoms with Gasteiger partial charge in [-0.1, -0.05) is 12.1 Å². The van der Waals surface area contributed by atoms with Gasteiger partial charge in [0.2, 0.25) is 0 Å². The molecule has 17 heavy (non-hydrogen) atoms. The Morgan fingerprint density at radius 2 is 1.65 bits per heavy atom. The van der Waals surface area contributed by atoms with Crippen molar-refractivity contribution < 1.29 is 0 Å². The summed E-state index contributed by atoms with van der Waals surface area (Å²) in [5.41, 5.74) is 1.39. The smallest absolute Gasteiger partial charge is 0.0566 e. The first-order valence-electron chi connectivity index (χ1n) is 5.60. The fourth-order valence-corrected chi connectivity index (χ4v) is 3.35. The number of aromatic nitrogens is 1. The van der Waals surface area contributed by atoms with Crippen molar-refractivity contribution in [3.8, 4) is 0 Å². The monoisotopic (exact) mass is 259 g/mol. The van der Waals surface area contributed by atoms with Crippen LogP contribution in [-0.4, -0.2) is 4.57 Å². The van der Waals surface area contributed by atoms with Gasteiger partial charge in [-0.05, 0) is 35.0 Å².